The van der Waals surface area contributed by atoms with Gasteiger partial charge in [0, 0.05) is 6.54 Å². The smallest absolute Gasteiger partial charge is 0.117 e. The summed E-state index contributed by atoms with van der Waals surface area (Å²) in [5, 5.41) is 0. The van der Waals surface area contributed by atoms with Gasteiger partial charge < -0.3 is 4.42 Å². The molecule has 1 aromatic rings. The Labute approximate surface area is 87.9 Å². The van der Waals surface area contributed by atoms with Crippen LogP contribution in [0, 0.1) is 5.41 Å². The lowest BCUT2D eigenvalue weighted by molar-refractivity contribution is 0.208. The van der Waals surface area contributed by atoms with E-state index in [2.05, 4.69) is 32.7 Å². The van der Waals surface area contributed by atoms with E-state index in [0.29, 0.717) is 5.41 Å². The molecule has 0 saturated heterocycles. The first-order valence-electron chi connectivity index (χ1n) is 4.68. The molecule has 0 saturated carbocycles. The average molecular weight is 197 g/mol. The molecule has 0 aliphatic rings. The van der Waals surface area contributed by atoms with Crippen molar-refractivity contribution in [1.82, 2.24) is 4.90 Å². The minimum absolute atomic E-state index is 0. The highest BCUT2D eigenvalue weighted by Gasteiger charge is 2.13. The third-order valence-electron chi connectivity index (χ3n) is 1.75. The SMILES string of the molecule is C.CN(Cc1ccco1)CC(C)(C)C. The Morgan fingerprint density at radius 2 is 2.00 bits per heavy atom. The second-order valence-corrected chi connectivity index (χ2v) is 4.81. The maximum absolute atomic E-state index is 5.28. The van der Waals surface area contributed by atoms with Crippen molar-refractivity contribution in [2.24, 2.45) is 5.41 Å². The van der Waals surface area contributed by atoms with Gasteiger partial charge in [-0.1, -0.05) is 28.2 Å². The van der Waals surface area contributed by atoms with E-state index >= 15 is 0 Å². The summed E-state index contributed by atoms with van der Waals surface area (Å²) in [7, 11) is 2.12. The molecule has 1 rings (SSSR count). The largest absolute Gasteiger partial charge is 0.468 e. The van der Waals surface area contributed by atoms with Gasteiger partial charge >= 0.3 is 0 Å². The first-order valence-corrected chi connectivity index (χ1v) is 4.68. The van der Waals surface area contributed by atoms with Crippen molar-refractivity contribution in [3.63, 3.8) is 0 Å². The predicted octanol–water partition coefficient (Wildman–Crippen LogP) is 3.39. The van der Waals surface area contributed by atoms with E-state index in [9.17, 15) is 0 Å². The second-order valence-electron chi connectivity index (χ2n) is 4.81. The molecule has 0 bridgehead atoms. The fourth-order valence-electron chi connectivity index (χ4n) is 1.53. The topological polar surface area (TPSA) is 16.4 Å². The van der Waals surface area contributed by atoms with E-state index < -0.39 is 0 Å². The van der Waals surface area contributed by atoms with Crippen LogP contribution in [0.3, 0.4) is 0 Å². The van der Waals surface area contributed by atoms with E-state index in [1.807, 2.05) is 12.1 Å². The van der Waals surface area contributed by atoms with E-state index in [4.69, 9.17) is 4.42 Å². The zero-order valence-electron chi connectivity index (χ0n) is 9.00. The van der Waals surface area contributed by atoms with Gasteiger partial charge in [-0.05, 0) is 24.6 Å². The Bertz CT molecular complexity index is 233. The zero-order chi connectivity index (χ0) is 9.90. The molecule has 0 atom stereocenters. The van der Waals surface area contributed by atoms with Crippen LogP contribution in [0.4, 0.5) is 0 Å². The molecule has 82 valence electrons. The normalized spacial score (nSPS) is 11.5. The van der Waals surface area contributed by atoms with Crippen molar-refractivity contribution in [3.8, 4) is 0 Å². The minimum atomic E-state index is 0. The molecule has 0 radical (unpaired) electrons. The molecule has 2 heteroatoms. The van der Waals surface area contributed by atoms with Gasteiger partial charge in [0.2, 0.25) is 0 Å². The van der Waals surface area contributed by atoms with E-state index in [0.717, 1.165) is 18.8 Å². The molecular formula is C12H23NO. The predicted molar refractivity (Wildman–Crippen MR) is 61.2 cm³/mol. The second kappa shape index (κ2) is 5.20. The highest BCUT2D eigenvalue weighted by molar-refractivity contribution is 4.97. The summed E-state index contributed by atoms with van der Waals surface area (Å²) in [4.78, 5) is 2.28. The van der Waals surface area contributed by atoms with Crippen LogP contribution in [-0.4, -0.2) is 18.5 Å². The molecule has 14 heavy (non-hydrogen) atoms. The van der Waals surface area contributed by atoms with Crippen LogP contribution in [0.25, 0.3) is 0 Å². The Balaban J connectivity index is 0.00000169. The van der Waals surface area contributed by atoms with Crippen LogP contribution in [0.5, 0.6) is 0 Å². The van der Waals surface area contributed by atoms with Crippen LogP contribution in [0.2, 0.25) is 0 Å². The Morgan fingerprint density at radius 3 is 2.43 bits per heavy atom. The summed E-state index contributed by atoms with van der Waals surface area (Å²) in [6, 6.07) is 3.94. The van der Waals surface area contributed by atoms with Gasteiger partial charge in [-0.3, -0.25) is 4.90 Å². The van der Waals surface area contributed by atoms with Gasteiger partial charge in [0.15, 0.2) is 0 Å². The molecule has 0 unspecified atom stereocenters. The van der Waals surface area contributed by atoms with E-state index in [-0.39, 0.29) is 7.43 Å². The zero-order valence-corrected chi connectivity index (χ0v) is 9.00. The quantitative estimate of drug-likeness (QED) is 0.738. The molecule has 2 nitrogen and oxygen atoms in total. The minimum Gasteiger partial charge on any atom is -0.468 e. The third-order valence-corrected chi connectivity index (χ3v) is 1.75. The highest BCUT2D eigenvalue weighted by atomic mass is 16.3. The average Bonchev–Trinajstić information content (AvgIpc) is 2.34. The van der Waals surface area contributed by atoms with Crippen molar-refractivity contribution < 1.29 is 4.42 Å². The molecule has 0 aliphatic heterocycles. The standard InChI is InChI=1S/C11H19NO.CH4/c1-11(2,3)9-12(4)8-10-6-5-7-13-10;/h5-7H,8-9H2,1-4H3;1H4. The van der Waals surface area contributed by atoms with E-state index in [1.165, 1.54) is 0 Å². The molecule has 0 spiro atoms. The number of hydrogen-bond acceptors (Lipinski definition) is 2. The first-order chi connectivity index (χ1) is 5.97. The van der Waals surface area contributed by atoms with Crippen LogP contribution < -0.4 is 0 Å². The van der Waals surface area contributed by atoms with Crippen molar-refractivity contribution in [1.29, 1.82) is 0 Å². The summed E-state index contributed by atoms with van der Waals surface area (Å²) in [6.45, 7) is 8.70. The summed E-state index contributed by atoms with van der Waals surface area (Å²) in [5.74, 6) is 1.03. The monoisotopic (exact) mass is 197 g/mol. The van der Waals surface area contributed by atoms with Gasteiger partial charge in [0.05, 0.1) is 12.8 Å². The summed E-state index contributed by atoms with van der Waals surface area (Å²) < 4.78 is 5.28. The lowest BCUT2D eigenvalue weighted by Crippen LogP contribution is -2.28. The lowest BCUT2D eigenvalue weighted by Gasteiger charge is -2.25. The van der Waals surface area contributed by atoms with Gasteiger partial charge in [-0.25, -0.2) is 0 Å². The van der Waals surface area contributed by atoms with Crippen LogP contribution >= 0.6 is 0 Å². The Kier molecular flexibility index (Phi) is 4.92. The van der Waals surface area contributed by atoms with Gasteiger partial charge in [-0.15, -0.1) is 0 Å². The third kappa shape index (κ3) is 5.07. The fourth-order valence-corrected chi connectivity index (χ4v) is 1.53. The molecule has 0 N–H and O–H groups in total. The maximum atomic E-state index is 5.28. The lowest BCUT2D eigenvalue weighted by atomic mass is 9.96. The number of furan rings is 1. The summed E-state index contributed by atoms with van der Waals surface area (Å²) in [6.07, 6.45) is 1.72. The van der Waals surface area contributed by atoms with E-state index in [1.54, 1.807) is 6.26 Å². The number of rotatable bonds is 3. The maximum Gasteiger partial charge on any atom is 0.117 e. The molecule has 1 aromatic heterocycles. The van der Waals surface area contributed by atoms with Crippen LogP contribution in [0.15, 0.2) is 22.8 Å². The van der Waals surface area contributed by atoms with Crippen LogP contribution in [0.1, 0.15) is 34.0 Å². The van der Waals surface area contributed by atoms with Crippen molar-refractivity contribution >= 4 is 0 Å². The molecule has 0 aromatic carbocycles. The van der Waals surface area contributed by atoms with Gasteiger partial charge in [-0.2, -0.15) is 0 Å². The van der Waals surface area contributed by atoms with Crippen LogP contribution in [-0.2, 0) is 6.54 Å². The molecular weight excluding hydrogens is 174 g/mol. The summed E-state index contributed by atoms with van der Waals surface area (Å²) >= 11 is 0. The van der Waals surface area contributed by atoms with Crippen molar-refractivity contribution in [2.45, 2.75) is 34.7 Å². The molecule has 0 amide bonds. The van der Waals surface area contributed by atoms with Crippen molar-refractivity contribution in [2.75, 3.05) is 13.6 Å². The number of nitrogens with zero attached hydrogens (tertiary/aromatic N) is 1. The first kappa shape index (κ1) is 13.2. The van der Waals surface area contributed by atoms with Gasteiger partial charge in [0.25, 0.3) is 0 Å². The van der Waals surface area contributed by atoms with Gasteiger partial charge in [0.1, 0.15) is 5.76 Å². The summed E-state index contributed by atoms with van der Waals surface area (Å²) in [5.41, 5.74) is 0.349. The number of hydrogen-bond donors (Lipinski definition) is 0. The van der Waals surface area contributed by atoms with Crippen molar-refractivity contribution in [3.05, 3.63) is 24.2 Å². The fraction of sp³-hybridized carbons (Fsp3) is 0.667. The Morgan fingerprint density at radius 1 is 1.36 bits per heavy atom. The molecule has 0 fully saturated rings. The Hall–Kier alpha value is -0.760. The molecule has 1 heterocycles. The highest BCUT2D eigenvalue weighted by Crippen LogP contribution is 2.15. The molecule has 0 aliphatic carbocycles.